The number of halogens is 1. The van der Waals surface area contributed by atoms with E-state index in [0.29, 0.717) is 29.5 Å². The largest absolute Gasteiger partial charge is 0.490 e. The lowest BCUT2D eigenvalue weighted by molar-refractivity contribution is 0.0766. The molecule has 1 atom stereocenters. The number of rotatable bonds is 5. The van der Waals surface area contributed by atoms with Crippen LogP contribution in [0.1, 0.15) is 22.3 Å². The fourth-order valence-corrected chi connectivity index (χ4v) is 2.48. The Labute approximate surface area is 133 Å². The number of likely N-dealkylation sites (tertiary alicyclic amines) is 1. The number of carbonyl (C=O) groups excluding carboxylic acids is 1. The molecule has 2 aromatic rings. The molecule has 2 aromatic heterocycles. The first-order valence-electron chi connectivity index (χ1n) is 7.08. The quantitative estimate of drug-likeness (QED) is 0.626. The third-order valence-corrected chi connectivity index (χ3v) is 4.16. The molecule has 1 aliphatic rings. The summed E-state index contributed by atoms with van der Waals surface area (Å²) in [6.07, 6.45) is 5.79. The summed E-state index contributed by atoms with van der Waals surface area (Å²) in [5.41, 5.74) is 0.802. The van der Waals surface area contributed by atoms with Crippen molar-refractivity contribution in [1.82, 2.24) is 14.9 Å². The first-order valence-corrected chi connectivity index (χ1v) is 7.46. The van der Waals surface area contributed by atoms with Crippen LogP contribution in [-0.2, 0) is 0 Å². The molecule has 0 amide bonds. The van der Waals surface area contributed by atoms with Gasteiger partial charge in [-0.2, -0.15) is 0 Å². The van der Waals surface area contributed by atoms with Crippen LogP contribution in [0.5, 0.6) is 5.75 Å². The lowest BCUT2D eigenvalue weighted by atomic mass is 10.1. The second kappa shape index (κ2) is 6.42. The molecule has 0 N–H and O–H groups in total. The zero-order valence-electron chi connectivity index (χ0n) is 12.2. The molecule has 3 heterocycles. The fourth-order valence-electron chi connectivity index (χ4n) is 2.29. The molecule has 22 heavy (non-hydrogen) atoms. The summed E-state index contributed by atoms with van der Waals surface area (Å²) in [5, 5.41) is 0.168. The van der Waals surface area contributed by atoms with Gasteiger partial charge >= 0.3 is 0 Å². The molecule has 0 bridgehead atoms. The van der Waals surface area contributed by atoms with E-state index in [-0.39, 0.29) is 10.9 Å². The number of aromatic nitrogens is 2. The van der Waals surface area contributed by atoms with Crippen molar-refractivity contribution in [2.75, 3.05) is 20.2 Å². The number of hydrogen-bond acceptors (Lipinski definition) is 5. The molecule has 0 spiro atoms. The zero-order chi connectivity index (χ0) is 15.5. The summed E-state index contributed by atoms with van der Waals surface area (Å²) in [6.45, 7) is 1.68. The van der Waals surface area contributed by atoms with Crippen LogP contribution in [0.4, 0.5) is 0 Å². The van der Waals surface area contributed by atoms with Crippen LogP contribution in [0.25, 0.3) is 0 Å². The van der Waals surface area contributed by atoms with E-state index in [1.54, 1.807) is 30.6 Å². The average Bonchev–Trinajstić information content (AvgIpc) is 2.55. The van der Waals surface area contributed by atoms with Gasteiger partial charge in [-0.1, -0.05) is 11.6 Å². The standard InChI is InChI=1S/C16H16ClN3O2/c1-20-6-4-12(20)10-22-13-7-14(16(17)19-9-13)15(21)11-3-2-5-18-8-11/h2-3,5,7-9,12H,4,6,10H2,1H3/t12-/m0/s1. The van der Waals surface area contributed by atoms with E-state index >= 15 is 0 Å². The highest BCUT2D eigenvalue weighted by Gasteiger charge is 2.24. The Balaban J connectivity index is 1.76. The third-order valence-electron chi connectivity index (χ3n) is 3.86. The van der Waals surface area contributed by atoms with Crippen molar-refractivity contribution < 1.29 is 9.53 Å². The minimum atomic E-state index is -0.211. The first-order chi connectivity index (χ1) is 10.6. The van der Waals surface area contributed by atoms with Gasteiger partial charge < -0.3 is 4.74 Å². The van der Waals surface area contributed by atoms with E-state index in [1.807, 2.05) is 0 Å². The van der Waals surface area contributed by atoms with Gasteiger partial charge in [0.1, 0.15) is 17.5 Å². The van der Waals surface area contributed by atoms with Crippen LogP contribution in [0.15, 0.2) is 36.8 Å². The second-order valence-corrected chi connectivity index (χ2v) is 5.67. The topological polar surface area (TPSA) is 55.3 Å². The van der Waals surface area contributed by atoms with E-state index < -0.39 is 0 Å². The fraction of sp³-hybridized carbons (Fsp3) is 0.312. The van der Waals surface area contributed by atoms with Gasteiger partial charge in [-0.3, -0.25) is 14.7 Å². The van der Waals surface area contributed by atoms with Gasteiger partial charge in [-0.25, -0.2) is 4.98 Å². The number of nitrogens with zero attached hydrogens (tertiary/aromatic N) is 3. The molecule has 114 valence electrons. The molecular weight excluding hydrogens is 302 g/mol. The van der Waals surface area contributed by atoms with Gasteiger partial charge in [-0.15, -0.1) is 0 Å². The molecule has 0 aliphatic carbocycles. The van der Waals surface area contributed by atoms with Crippen molar-refractivity contribution in [2.45, 2.75) is 12.5 Å². The van der Waals surface area contributed by atoms with E-state index in [4.69, 9.17) is 16.3 Å². The maximum Gasteiger partial charge on any atom is 0.197 e. The molecular formula is C16H16ClN3O2. The van der Waals surface area contributed by atoms with Crippen molar-refractivity contribution in [2.24, 2.45) is 0 Å². The molecule has 0 saturated carbocycles. The van der Waals surface area contributed by atoms with Crippen LogP contribution < -0.4 is 4.74 Å². The lowest BCUT2D eigenvalue weighted by Crippen LogP contribution is -2.48. The van der Waals surface area contributed by atoms with E-state index in [9.17, 15) is 4.79 Å². The van der Waals surface area contributed by atoms with Gasteiger partial charge in [0.25, 0.3) is 0 Å². The normalized spacial score (nSPS) is 17.8. The summed E-state index contributed by atoms with van der Waals surface area (Å²) in [5.74, 6) is 0.341. The molecule has 0 unspecified atom stereocenters. The third kappa shape index (κ3) is 3.10. The smallest absolute Gasteiger partial charge is 0.197 e. The maximum absolute atomic E-state index is 12.4. The Morgan fingerprint density at radius 2 is 2.36 bits per heavy atom. The summed E-state index contributed by atoms with van der Waals surface area (Å²) >= 11 is 6.05. The Morgan fingerprint density at radius 1 is 1.50 bits per heavy atom. The molecule has 0 aromatic carbocycles. The molecule has 1 saturated heterocycles. The number of hydrogen-bond donors (Lipinski definition) is 0. The number of likely N-dealkylation sites (N-methyl/N-ethyl adjacent to an activating group) is 1. The van der Waals surface area contributed by atoms with Gasteiger partial charge in [0.15, 0.2) is 5.78 Å². The summed E-state index contributed by atoms with van der Waals surface area (Å²) in [6, 6.07) is 5.47. The molecule has 0 radical (unpaired) electrons. The molecule has 3 rings (SSSR count). The van der Waals surface area contributed by atoms with Crippen molar-refractivity contribution in [3.8, 4) is 5.75 Å². The Bertz CT molecular complexity index is 678. The SMILES string of the molecule is CN1CC[C@H]1COc1cnc(Cl)c(C(=O)c2cccnc2)c1. The molecule has 5 nitrogen and oxygen atoms in total. The van der Waals surface area contributed by atoms with Gasteiger partial charge in [0.05, 0.1) is 11.8 Å². The van der Waals surface area contributed by atoms with Crippen molar-refractivity contribution in [3.63, 3.8) is 0 Å². The zero-order valence-corrected chi connectivity index (χ0v) is 13.0. The van der Waals surface area contributed by atoms with Gasteiger partial charge in [0, 0.05) is 24.0 Å². The highest BCUT2D eigenvalue weighted by Crippen LogP contribution is 2.23. The van der Waals surface area contributed by atoms with Crippen LogP contribution in [-0.4, -0.2) is 46.9 Å². The Morgan fingerprint density at radius 3 is 3.00 bits per heavy atom. The Hall–Kier alpha value is -1.98. The summed E-state index contributed by atoms with van der Waals surface area (Å²) in [4.78, 5) is 22.7. The van der Waals surface area contributed by atoms with Crippen LogP contribution in [0, 0.1) is 0 Å². The lowest BCUT2D eigenvalue weighted by Gasteiger charge is -2.37. The summed E-state index contributed by atoms with van der Waals surface area (Å²) < 4.78 is 5.73. The number of ketones is 1. The molecule has 1 aliphatic heterocycles. The van der Waals surface area contributed by atoms with Crippen LogP contribution in [0.3, 0.4) is 0 Å². The van der Waals surface area contributed by atoms with E-state index in [1.165, 1.54) is 6.20 Å². The highest BCUT2D eigenvalue weighted by atomic mass is 35.5. The minimum Gasteiger partial charge on any atom is -0.490 e. The van der Waals surface area contributed by atoms with Crippen LogP contribution >= 0.6 is 11.6 Å². The van der Waals surface area contributed by atoms with Gasteiger partial charge in [-0.05, 0) is 38.2 Å². The number of ether oxygens (including phenoxy) is 1. The summed E-state index contributed by atoms with van der Waals surface area (Å²) in [7, 11) is 2.06. The number of pyridine rings is 2. The first kappa shape index (κ1) is 14.9. The van der Waals surface area contributed by atoms with E-state index in [0.717, 1.165) is 13.0 Å². The second-order valence-electron chi connectivity index (χ2n) is 5.31. The maximum atomic E-state index is 12.4. The van der Waals surface area contributed by atoms with Crippen molar-refractivity contribution in [3.05, 3.63) is 53.1 Å². The van der Waals surface area contributed by atoms with Crippen molar-refractivity contribution in [1.29, 1.82) is 0 Å². The van der Waals surface area contributed by atoms with Crippen molar-refractivity contribution >= 4 is 17.4 Å². The average molecular weight is 318 g/mol. The van der Waals surface area contributed by atoms with Gasteiger partial charge in [0.2, 0.25) is 0 Å². The highest BCUT2D eigenvalue weighted by molar-refractivity contribution is 6.33. The predicted molar refractivity (Wildman–Crippen MR) is 83.4 cm³/mol. The number of carbonyl (C=O) groups is 1. The Kier molecular flexibility index (Phi) is 4.36. The monoisotopic (exact) mass is 317 g/mol. The molecule has 6 heteroatoms. The van der Waals surface area contributed by atoms with Crippen LogP contribution in [0.2, 0.25) is 5.15 Å². The molecule has 1 fully saturated rings. The van der Waals surface area contributed by atoms with E-state index in [2.05, 4.69) is 21.9 Å². The minimum absolute atomic E-state index is 0.168. The predicted octanol–water partition coefficient (Wildman–Crippen LogP) is 2.44.